The standard InChI is InChI=1S/C11H23/c1-5-6-7-8-9-10-11(2,3)4/h9H,5-8,10H2,1-4H3. The predicted octanol–water partition coefficient (Wildman–Crippen LogP) is 4.21. The van der Waals surface area contributed by atoms with Crippen LogP contribution >= 0.6 is 0 Å². The van der Waals surface area contributed by atoms with Gasteiger partial charge >= 0.3 is 0 Å². The van der Waals surface area contributed by atoms with E-state index in [1.165, 1.54) is 32.1 Å². The van der Waals surface area contributed by atoms with Crippen molar-refractivity contribution >= 4 is 0 Å². The first kappa shape index (κ1) is 11.0. The van der Waals surface area contributed by atoms with E-state index >= 15 is 0 Å². The molecule has 0 aromatic carbocycles. The van der Waals surface area contributed by atoms with Crippen LogP contribution in [0.5, 0.6) is 0 Å². The molecule has 0 rings (SSSR count). The molecule has 0 bridgehead atoms. The summed E-state index contributed by atoms with van der Waals surface area (Å²) in [6, 6.07) is 0. The lowest BCUT2D eigenvalue weighted by Gasteiger charge is -2.17. The fourth-order valence-electron chi connectivity index (χ4n) is 1.07. The Morgan fingerprint density at radius 1 is 1.09 bits per heavy atom. The summed E-state index contributed by atoms with van der Waals surface area (Å²) in [5, 5.41) is 0. The molecule has 0 atom stereocenters. The monoisotopic (exact) mass is 155 g/mol. The van der Waals surface area contributed by atoms with Crippen molar-refractivity contribution in [2.24, 2.45) is 5.41 Å². The SMILES string of the molecule is CCCCC[CH]CC(C)(C)C. The highest BCUT2D eigenvalue weighted by Crippen LogP contribution is 2.21. The Morgan fingerprint density at radius 3 is 2.18 bits per heavy atom. The average molecular weight is 155 g/mol. The Bertz CT molecular complexity index is 76.5. The van der Waals surface area contributed by atoms with Crippen molar-refractivity contribution < 1.29 is 0 Å². The van der Waals surface area contributed by atoms with Crippen molar-refractivity contribution in [2.75, 3.05) is 0 Å². The zero-order chi connectivity index (χ0) is 8.74. The maximum atomic E-state index is 2.44. The summed E-state index contributed by atoms with van der Waals surface area (Å²) >= 11 is 0. The van der Waals surface area contributed by atoms with Crippen molar-refractivity contribution in [3.8, 4) is 0 Å². The second-order valence-electron chi connectivity index (χ2n) is 4.55. The van der Waals surface area contributed by atoms with Crippen molar-refractivity contribution in [1.82, 2.24) is 0 Å². The second kappa shape index (κ2) is 5.62. The number of hydrogen-bond donors (Lipinski definition) is 0. The minimum absolute atomic E-state index is 0.492. The lowest BCUT2D eigenvalue weighted by molar-refractivity contribution is 0.399. The van der Waals surface area contributed by atoms with Gasteiger partial charge in [-0.15, -0.1) is 0 Å². The molecular weight excluding hydrogens is 132 g/mol. The minimum Gasteiger partial charge on any atom is -0.0654 e. The normalized spacial score (nSPS) is 12.0. The molecule has 0 aromatic rings. The van der Waals surface area contributed by atoms with Gasteiger partial charge in [0.05, 0.1) is 0 Å². The molecule has 0 saturated carbocycles. The van der Waals surface area contributed by atoms with Crippen LogP contribution in [-0.2, 0) is 0 Å². The maximum Gasteiger partial charge on any atom is -0.0380 e. The molecule has 0 unspecified atom stereocenters. The predicted molar refractivity (Wildman–Crippen MR) is 52.5 cm³/mol. The van der Waals surface area contributed by atoms with Gasteiger partial charge in [-0.05, 0) is 18.3 Å². The van der Waals surface area contributed by atoms with Gasteiger partial charge in [0.15, 0.2) is 0 Å². The Balaban J connectivity index is 3.02. The lowest BCUT2D eigenvalue weighted by Crippen LogP contribution is -2.04. The summed E-state index contributed by atoms with van der Waals surface area (Å²) in [6.45, 7) is 9.14. The van der Waals surface area contributed by atoms with Gasteiger partial charge in [0, 0.05) is 0 Å². The fourth-order valence-corrected chi connectivity index (χ4v) is 1.07. The van der Waals surface area contributed by atoms with E-state index < -0.39 is 0 Å². The Hall–Kier alpha value is 0. The van der Waals surface area contributed by atoms with Crippen LogP contribution in [0.2, 0.25) is 0 Å². The molecular formula is C11H23. The zero-order valence-corrected chi connectivity index (χ0v) is 8.61. The molecule has 0 heteroatoms. The van der Waals surface area contributed by atoms with Crippen molar-refractivity contribution in [1.29, 1.82) is 0 Å². The molecule has 1 radical (unpaired) electrons. The molecule has 0 aliphatic rings. The molecule has 0 N–H and O–H groups in total. The first-order valence-corrected chi connectivity index (χ1v) is 4.88. The Morgan fingerprint density at radius 2 is 1.73 bits per heavy atom. The van der Waals surface area contributed by atoms with E-state index in [0.29, 0.717) is 5.41 Å². The van der Waals surface area contributed by atoms with Crippen LogP contribution in [0.15, 0.2) is 0 Å². The smallest absolute Gasteiger partial charge is 0.0380 e. The summed E-state index contributed by atoms with van der Waals surface area (Å²) in [4.78, 5) is 0. The van der Waals surface area contributed by atoms with Crippen LogP contribution < -0.4 is 0 Å². The van der Waals surface area contributed by atoms with Gasteiger partial charge in [-0.3, -0.25) is 0 Å². The van der Waals surface area contributed by atoms with E-state index in [2.05, 4.69) is 34.1 Å². The third-order valence-corrected chi connectivity index (χ3v) is 1.77. The molecule has 0 aliphatic heterocycles. The van der Waals surface area contributed by atoms with Crippen LogP contribution in [0.25, 0.3) is 0 Å². The Kier molecular flexibility index (Phi) is 5.62. The summed E-state index contributed by atoms with van der Waals surface area (Å²) in [7, 11) is 0. The van der Waals surface area contributed by atoms with Crippen molar-refractivity contribution in [3.05, 3.63) is 6.42 Å². The third kappa shape index (κ3) is 10.0. The van der Waals surface area contributed by atoms with E-state index in [4.69, 9.17) is 0 Å². The van der Waals surface area contributed by atoms with Gasteiger partial charge < -0.3 is 0 Å². The highest BCUT2D eigenvalue weighted by molar-refractivity contribution is 4.73. The molecule has 0 fully saturated rings. The van der Waals surface area contributed by atoms with Crippen LogP contribution in [-0.4, -0.2) is 0 Å². The van der Waals surface area contributed by atoms with E-state index in [-0.39, 0.29) is 0 Å². The molecule has 0 saturated heterocycles. The third-order valence-electron chi connectivity index (χ3n) is 1.77. The molecule has 0 amide bonds. The highest BCUT2D eigenvalue weighted by Gasteiger charge is 2.08. The number of hydrogen-bond acceptors (Lipinski definition) is 0. The highest BCUT2D eigenvalue weighted by atomic mass is 14.1. The average Bonchev–Trinajstić information content (AvgIpc) is 1.85. The molecule has 11 heavy (non-hydrogen) atoms. The summed E-state index contributed by atoms with van der Waals surface area (Å²) in [5.74, 6) is 0. The largest absolute Gasteiger partial charge is 0.0654 e. The van der Waals surface area contributed by atoms with Gasteiger partial charge in [-0.2, -0.15) is 0 Å². The lowest BCUT2D eigenvalue weighted by atomic mass is 9.89. The van der Waals surface area contributed by atoms with Gasteiger partial charge in [-0.25, -0.2) is 0 Å². The summed E-state index contributed by atoms with van der Waals surface area (Å²) in [5.41, 5.74) is 0.492. The van der Waals surface area contributed by atoms with Crippen molar-refractivity contribution in [2.45, 2.75) is 59.8 Å². The van der Waals surface area contributed by atoms with Gasteiger partial charge in [-0.1, -0.05) is 53.4 Å². The first-order valence-electron chi connectivity index (χ1n) is 4.88. The molecule has 0 nitrogen and oxygen atoms in total. The molecule has 0 heterocycles. The molecule has 0 aliphatic carbocycles. The number of rotatable bonds is 5. The van der Waals surface area contributed by atoms with Gasteiger partial charge in [0.25, 0.3) is 0 Å². The topological polar surface area (TPSA) is 0 Å². The Labute approximate surface area is 72.4 Å². The van der Waals surface area contributed by atoms with E-state index in [9.17, 15) is 0 Å². The molecule has 67 valence electrons. The van der Waals surface area contributed by atoms with Crippen LogP contribution in [0.4, 0.5) is 0 Å². The number of unbranched alkanes of at least 4 members (excludes halogenated alkanes) is 4. The summed E-state index contributed by atoms with van der Waals surface area (Å²) < 4.78 is 0. The van der Waals surface area contributed by atoms with E-state index in [0.717, 1.165) is 0 Å². The van der Waals surface area contributed by atoms with Crippen LogP contribution in [0.3, 0.4) is 0 Å². The molecule has 0 aromatic heterocycles. The quantitative estimate of drug-likeness (QED) is 0.522. The maximum absolute atomic E-state index is 2.44. The first-order chi connectivity index (χ1) is 5.06. The van der Waals surface area contributed by atoms with Crippen LogP contribution in [0, 0.1) is 11.8 Å². The molecule has 0 spiro atoms. The fraction of sp³-hybridized carbons (Fsp3) is 0.909. The van der Waals surface area contributed by atoms with Crippen LogP contribution in [0.1, 0.15) is 59.8 Å². The second-order valence-corrected chi connectivity index (χ2v) is 4.55. The van der Waals surface area contributed by atoms with Gasteiger partial charge in [0.1, 0.15) is 0 Å². The minimum atomic E-state index is 0.492. The summed E-state index contributed by atoms with van der Waals surface area (Å²) in [6.07, 6.45) is 9.12. The van der Waals surface area contributed by atoms with E-state index in [1.807, 2.05) is 0 Å². The zero-order valence-electron chi connectivity index (χ0n) is 8.61. The van der Waals surface area contributed by atoms with E-state index in [1.54, 1.807) is 0 Å². The van der Waals surface area contributed by atoms with Crippen molar-refractivity contribution in [3.63, 3.8) is 0 Å². The van der Waals surface area contributed by atoms with Gasteiger partial charge in [0.2, 0.25) is 0 Å².